The number of benzene rings is 2. The third kappa shape index (κ3) is 6.47. The van der Waals surface area contributed by atoms with Gasteiger partial charge in [0.05, 0.1) is 18.9 Å². The Hall–Kier alpha value is -3.55. The second kappa shape index (κ2) is 10.8. The van der Waals surface area contributed by atoms with Gasteiger partial charge in [0, 0.05) is 12.9 Å². The molecule has 10 heteroatoms. The first-order chi connectivity index (χ1) is 15.8. The third-order valence-electron chi connectivity index (χ3n) is 4.69. The molecule has 1 aromatic heterocycles. The van der Waals surface area contributed by atoms with Crippen molar-refractivity contribution >= 4 is 19.2 Å². The van der Waals surface area contributed by atoms with E-state index >= 15 is 0 Å². The molecule has 9 nitrogen and oxygen atoms in total. The normalized spacial score (nSPS) is 12.7. The summed E-state index contributed by atoms with van der Waals surface area (Å²) in [5.41, 5.74) is 1.53. The molecule has 1 heterocycles. The number of nitrogens with zero attached hydrogens (tertiary/aromatic N) is 2. The maximum absolute atomic E-state index is 12.9. The molecule has 0 bridgehead atoms. The van der Waals surface area contributed by atoms with E-state index in [1.54, 1.807) is 6.92 Å². The maximum Gasteiger partial charge on any atom is 0.289 e. The Kier molecular flexibility index (Phi) is 7.92. The van der Waals surface area contributed by atoms with Crippen molar-refractivity contribution in [3.8, 4) is 5.88 Å². The Morgan fingerprint density at radius 1 is 1.03 bits per heavy atom. The SMILES string of the molecule is CCOP(C)(=O)CNC(=O)c1ncc(C(=O)NC(c2ccccc2)c2ccccc2)c(O)n1. The summed E-state index contributed by atoms with van der Waals surface area (Å²) in [4.78, 5) is 32.8. The standard InChI is InChI=1S/C23H25N4O5P/c1-3-32-33(2,31)15-25-23(30)20-24-14-18(22(29)27-20)21(28)26-19(16-10-6-4-7-11-16)17-12-8-5-9-13-17/h4-14,19H,3,15H2,1-2H3,(H,25,30)(H,26,28)(H,24,27,29). The number of carbonyl (C=O) groups excluding carboxylic acids is 2. The van der Waals surface area contributed by atoms with Gasteiger partial charge in [-0.2, -0.15) is 4.98 Å². The van der Waals surface area contributed by atoms with E-state index in [1.807, 2.05) is 60.7 Å². The van der Waals surface area contributed by atoms with Gasteiger partial charge in [0.1, 0.15) is 5.56 Å². The molecule has 0 saturated heterocycles. The number of aromatic nitrogens is 2. The van der Waals surface area contributed by atoms with Crippen LogP contribution in [0.25, 0.3) is 0 Å². The number of hydrogen-bond donors (Lipinski definition) is 3. The van der Waals surface area contributed by atoms with Crippen molar-refractivity contribution in [1.29, 1.82) is 0 Å². The molecular weight excluding hydrogens is 443 g/mol. The molecule has 1 atom stereocenters. The lowest BCUT2D eigenvalue weighted by atomic mass is 9.98. The summed E-state index contributed by atoms with van der Waals surface area (Å²) >= 11 is 0. The van der Waals surface area contributed by atoms with Crippen LogP contribution in [0.4, 0.5) is 0 Å². The molecule has 0 aliphatic heterocycles. The summed E-state index contributed by atoms with van der Waals surface area (Å²) in [6.07, 6.45) is 0.871. The van der Waals surface area contributed by atoms with Crippen LogP contribution in [0.15, 0.2) is 66.9 Å². The molecule has 3 aromatic rings. The fourth-order valence-electron chi connectivity index (χ4n) is 3.11. The number of carbonyl (C=O) groups is 2. The fourth-order valence-corrected chi connectivity index (χ4v) is 4.18. The van der Waals surface area contributed by atoms with Gasteiger partial charge in [-0.3, -0.25) is 14.2 Å². The van der Waals surface area contributed by atoms with Crippen molar-refractivity contribution in [1.82, 2.24) is 20.6 Å². The van der Waals surface area contributed by atoms with E-state index in [-0.39, 0.29) is 24.3 Å². The van der Waals surface area contributed by atoms with Crippen molar-refractivity contribution in [2.75, 3.05) is 19.6 Å². The van der Waals surface area contributed by atoms with Crippen LogP contribution in [0.2, 0.25) is 0 Å². The van der Waals surface area contributed by atoms with Gasteiger partial charge in [0.2, 0.25) is 19.1 Å². The summed E-state index contributed by atoms with van der Waals surface area (Å²) in [6, 6.07) is 18.3. The van der Waals surface area contributed by atoms with Gasteiger partial charge < -0.3 is 20.3 Å². The summed E-state index contributed by atoms with van der Waals surface area (Å²) < 4.78 is 17.2. The predicted molar refractivity (Wildman–Crippen MR) is 123 cm³/mol. The summed E-state index contributed by atoms with van der Waals surface area (Å²) in [6.45, 7) is 3.35. The Bertz CT molecular complexity index is 1120. The van der Waals surface area contributed by atoms with E-state index < -0.39 is 31.1 Å². The summed E-state index contributed by atoms with van der Waals surface area (Å²) in [5.74, 6) is -2.35. The van der Waals surface area contributed by atoms with Crippen LogP contribution < -0.4 is 10.6 Å². The molecule has 3 rings (SSSR count). The largest absolute Gasteiger partial charge is 0.493 e. The van der Waals surface area contributed by atoms with Crippen LogP contribution in [0, 0.1) is 0 Å². The molecule has 3 N–H and O–H groups in total. The average Bonchev–Trinajstić information content (AvgIpc) is 2.82. The minimum atomic E-state index is -2.99. The number of amides is 2. The number of hydrogen-bond acceptors (Lipinski definition) is 7. The quantitative estimate of drug-likeness (QED) is 0.411. The highest BCUT2D eigenvalue weighted by Gasteiger charge is 2.23. The minimum absolute atomic E-state index is 0.182. The van der Waals surface area contributed by atoms with Gasteiger partial charge in [-0.05, 0) is 18.1 Å². The second-order valence-electron chi connectivity index (χ2n) is 7.25. The number of nitrogens with one attached hydrogen (secondary N) is 2. The highest BCUT2D eigenvalue weighted by Crippen LogP contribution is 2.40. The monoisotopic (exact) mass is 468 g/mol. The first-order valence-electron chi connectivity index (χ1n) is 10.3. The van der Waals surface area contributed by atoms with Gasteiger partial charge >= 0.3 is 0 Å². The lowest BCUT2D eigenvalue weighted by Crippen LogP contribution is -2.30. The van der Waals surface area contributed by atoms with E-state index in [4.69, 9.17) is 4.52 Å². The van der Waals surface area contributed by atoms with Crippen LogP contribution in [0.3, 0.4) is 0 Å². The minimum Gasteiger partial charge on any atom is -0.493 e. The van der Waals surface area contributed by atoms with Crippen molar-refractivity contribution in [2.45, 2.75) is 13.0 Å². The van der Waals surface area contributed by atoms with Crippen LogP contribution in [0.5, 0.6) is 5.88 Å². The lowest BCUT2D eigenvalue weighted by Gasteiger charge is -2.20. The van der Waals surface area contributed by atoms with Crippen LogP contribution in [0.1, 0.15) is 45.1 Å². The van der Waals surface area contributed by atoms with Crippen molar-refractivity contribution in [2.24, 2.45) is 0 Å². The molecule has 2 aromatic carbocycles. The van der Waals surface area contributed by atoms with E-state index in [1.165, 1.54) is 6.66 Å². The third-order valence-corrected chi connectivity index (χ3v) is 6.22. The Balaban J connectivity index is 1.77. The molecule has 1 unspecified atom stereocenters. The summed E-state index contributed by atoms with van der Waals surface area (Å²) in [5, 5.41) is 15.6. The predicted octanol–water partition coefficient (Wildman–Crippen LogP) is 3.33. The molecule has 2 amide bonds. The van der Waals surface area contributed by atoms with Gasteiger partial charge in [-0.15, -0.1) is 0 Å². The lowest BCUT2D eigenvalue weighted by molar-refractivity contribution is 0.0926. The van der Waals surface area contributed by atoms with Crippen LogP contribution in [-0.4, -0.2) is 46.4 Å². The molecule has 33 heavy (non-hydrogen) atoms. The van der Waals surface area contributed by atoms with Gasteiger partial charge in [0.15, 0.2) is 0 Å². The van der Waals surface area contributed by atoms with Crippen molar-refractivity contribution in [3.05, 3.63) is 89.4 Å². The Labute approximate surface area is 191 Å². The van der Waals surface area contributed by atoms with E-state index in [9.17, 15) is 19.3 Å². The molecule has 172 valence electrons. The summed E-state index contributed by atoms with van der Waals surface area (Å²) in [7, 11) is -2.99. The molecular formula is C23H25N4O5P. The van der Waals surface area contributed by atoms with Crippen LogP contribution >= 0.6 is 7.37 Å². The topological polar surface area (TPSA) is 131 Å². The van der Waals surface area contributed by atoms with Gasteiger partial charge in [-0.25, -0.2) is 4.98 Å². The van der Waals surface area contributed by atoms with Crippen LogP contribution in [-0.2, 0) is 9.09 Å². The number of rotatable bonds is 9. The highest BCUT2D eigenvalue weighted by atomic mass is 31.2. The average molecular weight is 468 g/mol. The first-order valence-corrected chi connectivity index (χ1v) is 12.5. The zero-order valence-electron chi connectivity index (χ0n) is 18.3. The first kappa shape index (κ1) is 24.1. The molecule has 0 aliphatic carbocycles. The van der Waals surface area contributed by atoms with Crippen molar-refractivity contribution < 1.29 is 23.8 Å². The Morgan fingerprint density at radius 3 is 2.12 bits per heavy atom. The highest BCUT2D eigenvalue weighted by molar-refractivity contribution is 7.58. The maximum atomic E-state index is 12.9. The van der Waals surface area contributed by atoms with E-state index in [2.05, 4.69) is 20.6 Å². The smallest absolute Gasteiger partial charge is 0.289 e. The van der Waals surface area contributed by atoms with Gasteiger partial charge in [-0.1, -0.05) is 60.7 Å². The zero-order valence-corrected chi connectivity index (χ0v) is 19.2. The molecule has 0 spiro atoms. The van der Waals surface area contributed by atoms with E-state index in [0.717, 1.165) is 17.3 Å². The molecule has 0 fully saturated rings. The van der Waals surface area contributed by atoms with E-state index in [0.29, 0.717) is 0 Å². The molecule has 0 radical (unpaired) electrons. The molecule has 0 saturated carbocycles. The fraction of sp³-hybridized carbons (Fsp3) is 0.217. The van der Waals surface area contributed by atoms with Gasteiger partial charge in [0.25, 0.3) is 11.8 Å². The molecule has 0 aliphatic rings. The zero-order chi connectivity index (χ0) is 23.8. The number of aromatic hydroxyl groups is 1. The second-order valence-corrected chi connectivity index (χ2v) is 9.86. The van der Waals surface area contributed by atoms with Crippen molar-refractivity contribution in [3.63, 3.8) is 0 Å². The Morgan fingerprint density at radius 2 is 1.61 bits per heavy atom.